The lowest BCUT2D eigenvalue weighted by Crippen LogP contribution is -2.13. The summed E-state index contributed by atoms with van der Waals surface area (Å²) in [4.78, 5) is -1.19. The summed E-state index contributed by atoms with van der Waals surface area (Å²) >= 11 is 0. The van der Waals surface area contributed by atoms with Crippen molar-refractivity contribution < 1.29 is 34.2 Å². The van der Waals surface area contributed by atoms with Crippen molar-refractivity contribution in [1.29, 1.82) is 0 Å². The van der Waals surface area contributed by atoms with E-state index in [1.165, 1.54) is 12.1 Å². The van der Waals surface area contributed by atoms with Gasteiger partial charge in [-0.2, -0.15) is 17.2 Å². The van der Waals surface area contributed by atoms with Crippen molar-refractivity contribution >= 4 is 20.0 Å². The van der Waals surface area contributed by atoms with Crippen LogP contribution in [-0.2, 0) is 20.0 Å². The van der Waals surface area contributed by atoms with Gasteiger partial charge in [-0.1, -0.05) is 6.07 Å². The molecule has 0 atom stereocenters. The molecule has 0 heterocycles. The SMILES string of the molecule is O=S(=O)(Oc1cccc(F)c1)c1ccc(S(=O)(=O)C(F)F)cc1. The first-order chi connectivity index (χ1) is 10.6. The summed E-state index contributed by atoms with van der Waals surface area (Å²) < 4.78 is 88.9. The van der Waals surface area contributed by atoms with E-state index >= 15 is 0 Å². The quantitative estimate of drug-likeness (QED) is 0.760. The van der Waals surface area contributed by atoms with Crippen LogP contribution in [0.25, 0.3) is 0 Å². The van der Waals surface area contributed by atoms with Crippen LogP contribution in [0.3, 0.4) is 0 Å². The average Bonchev–Trinajstić information content (AvgIpc) is 2.46. The van der Waals surface area contributed by atoms with E-state index in [4.69, 9.17) is 0 Å². The number of sulfone groups is 1. The molecule has 0 N–H and O–H groups in total. The van der Waals surface area contributed by atoms with E-state index in [0.29, 0.717) is 0 Å². The van der Waals surface area contributed by atoms with Crippen LogP contribution in [0.4, 0.5) is 13.2 Å². The zero-order valence-electron chi connectivity index (χ0n) is 11.2. The summed E-state index contributed by atoms with van der Waals surface area (Å²) in [5.74, 6) is -4.61. The molecule has 10 heteroatoms. The maximum absolute atomic E-state index is 13.0. The van der Waals surface area contributed by atoms with Crippen molar-refractivity contribution in [3.8, 4) is 5.75 Å². The van der Waals surface area contributed by atoms with Gasteiger partial charge in [-0.15, -0.1) is 0 Å². The standard InChI is InChI=1S/C13H9F3O5S2/c14-9-2-1-3-10(8-9)21-23(19,20)12-6-4-11(5-7-12)22(17,18)13(15)16/h1-8,13H. The van der Waals surface area contributed by atoms with E-state index in [1.807, 2.05) is 0 Å². The number of alkyl halides is 2. The summed E-state index contributed by atoms with van der Waals surface area (Å²) in [5.41, 5.74) is 0. The second-order valence-electron chi connectivity index (χ2n) is 4.27. The van der Waals surface area contributed by atoms with Crippen molar-refractivity contribution in [3.63, 3.8) is 0 Å². The number of hydrogen-bond donors (Lipinski definition) is 0. The molecule has 0 aromatic heterocycles. The number of rotatable bonds is 5. The van der Waals surface area contributed by atoms with Crippen LogP contribution < -0.4 is 4.18 Å². The average molecular weight is 366 g/mol. The molecule has 0 saturated heterocycles. The van der Waals surface area contributed by atoms with Crippen molar-refractivity contribution in [2.24, 2.45) is 0 Å². The minimum absolute atomic E-state index is 0.283. The lowest BCUT2D eigenvalue weighted by Gasteiger charge is -2.08. The molecule has 0 aliphatic rings. The number of benzene rings is 2. The van der Waals surface area contributed by atoms with Crippen LogP contribution in [0.5, 0.6) is 5.75 Å². The summed E-state index contributed by atoms with van der Waals surface area (Å²) in [5, 5.41) is 0. The van der Waals surface area contributed by atoms with E-state index in [0.717, 1.165) is 36.4 Å². The van der Waals surface area contributed by atoms with Gasteiger partial charge in [-0.3, -0.25) is 0 Å². The van der Waals surface area contributed by atoms with Gasteiger partial charge in [0.2, 0.25) is 9.84 Å². The third-order valence-electron chi connectivity index (χ3n) is 2.68. The molecule has 0 amide bonds. The fourth-order valence-electron chi connectivity index (χ4n) is 1.59. The minimum Gasteiger partial charge on any atom is -0.379 e. The van der Waals surface area contributed by atoms with E-state index in [2.05, 4.69) is 4.18 Å². The van der Waals surface area contributed by atoms with Crippen molar-refractivity contribution in [2.75, 3.05) is 0 Å². The molecule has 0 bridgehead atoms. The van der Waals surface area contributed by atoms with Crippen molar-refractivity contribution in [3.05, 3.63) is 54.3 Å². The lowest BCUT2D eigenvalue weighted by molar-refractivity contribution is 0.234. The Kier molecular flexibility index (Phi) is 4.66. The molecule has 0 saturated carbocycles. The molecule has 0 aliphatic carbocycles. The van der Waals surface area contributed by atoms with Gasteiger partial charge in [0.15, 0.2) is 0 Å². The van der Waals surface area contributed by atoms with Crippen LogP contribution in [0, 0.1) is 5.82 Å². The Morgan fingerprint density at radius 3 is 1.96 bits per heavy atom. The molecule has 5 nitrogen and oxygen atoms in total. The molecule has 0 unspecified atom stereocenters. The molecule has 2 aromatic rings. The molecule has 2 aromatic carbocycles. The minimum atomic E-state index is -4.82. The summed E-state index contributed by atoms with van der Waals surface area (Å²) in [6, 6.07) is 7.44. The van der Waals surface area contributed by atoms with Crippen LogP contribution in [-0.4, -0.2) is 22.6 Å². The van der Waals surface area contributed by atoms with Crippen molar-refractivity contribution in [1.82, 2.24) is 0 Å². The van der Waals surface area contributed by atoms with Crippen LogP contribution >= 0.6 is 0 Å². The van der Waals surface area contributed by atoms with Crippen LogP contribution in [0.15, 0.2) is 58.3 Å². The predicted octanol–water partition coefficient (Wildman–Crippen LogP) is 2.59. The molecular weight excluding hydrogens is 357 g/mol. The van der Waals surface area contributed by atoms with E-state index < -0.39 is 41.3 Å². The molecular formula is C13H9F3O5S2. The molecule has 124 valence electrons. The molecule has 0 aliphatic heterocycles. The van der Waals surface area contributed by atoms with Gasteiger partial charge in [0.25, 0.3) is 0 Å². The van der Waals surface area contributed by atoms with Gasteiger partial charge >= 0.3 is 15.9 Å². The van der Waals surface area contributed by atoms with Gasteiger partial charge in [0, 0.05) is 6.07 Å². The van der Waals surface area contributed by atoms with Gasteiger partial charge < -0.3 is 4.18 Å². The third-order valence-corrected chi connectivity index (χ3v) is 5.34. The Morgan fingerprint density at radius 2 is 1.43 bits per heavy atom. The molecule has 0 fully saturated rings. The van der Waals surface area contributed by atoms with E-state index in [9.17, 15) is 30.0 Å². The smallest absolute Gasteiger partial charge is 0.341 e. The van der Waals surface area contributed by atoms with Crippen LogP contribution in [0.2, 0.25) is 0 Å². The number of hydrogen-bond acceptors (Lipinski definition) is 5. The Labute approximate surface area is 130 Å². The Hall–Kier alpha value is -2.07. The van der Waals surface area contributed by atoms with E-state index in [-0.39, 0.29) is 5.75 Å². The lowest BCUT2D eigenvalue weighted by atomic mass is 10.3. The van der Waals surface area contributed by atoms with Gasteiger partial charge in [0.05, 0.1) is 4.90 Å². The van der Waals surface area contributed by atoms with Crippen molar-refractivity contribution in [2.45, 2.75) is 15.5 Å². The topological polar surface area (TPSA) is 77.5 Å². The highest BCUT2D eigenvalue weighted by molar-refractivity contribution is 7.91. The summed E-state index contributed by atoms with van der Waals surface area (Å²) in [6.45, 7) is 0. The Balaban J connectivity index is 2.31. The van der Waals surface area contributed by atoms with Gasteiger partial charge in [-0.05, 0) is 36.4 Å². The number of halogens is 3. The highest BCUT2D eigenvalue weighted by atomic mass is 32.2. The van der Waals surface area contributed by atoms with Crippen LogP contribution in [0.1, 0.15) is 0 Å². The Morgan fingerprint density at radius 1 is 0.870 bits per heavy atom. The fraction of sp³-hybridized carbons (Fsp3) is 0.0769. The summed E-state index contributed by atoms with van der Waals surface area (Å²) in [7, 11) is -9.18. The second kappa shape index (κ2) is 6.20. The first-order valence-corrected chi connectivity index (χ1v) is 8.90. The van der Waals surface area contributed by atoms with E-state index in [1.54, 1.807) is 0 Å². The maximum Gasteiger partial charge on any atom is 0.341 e. The van der Waals surface area contributed by atoms with Gasteiger partial charge in [-0.25, -0.2) is 12.8 Å². The maximum atomic E-state index is 13.0. The zero-order chi connectivity index (χ0) is 17.3. The fourth-order valence-corrected chi connectivity index (χ4v) is 3.24. The normalized spacial score (nSPS) is 12.3. The molecule has 0 radical (unpaired) electrons. The monoisotopic (exact) mass is 366 g/mol. The second-order valence-corrected chi connectivity index (χ2v) is 7.74. The first kappa shape index (κ1) is 17.3. The molecule has 23 heavy (non-hydrogen) atoms. The summed E-state index contributed by atoms with van der Waals surface area (Å²) in [6.07, 6.45) is 0. The van der Waals surface area contributed by atoms with Gasteiger partial charge in [0.1, 0.15) is 16.5 Å². The Bertz CT molecular complexity index is 907. The first-order valence-electron chi connectivity index (χ1n) is 5.95. The third kappa shape index (κ3) is 3.82. The molecule has 2 rings (SSSR count). The highest BCUT2D eigenvalue weighted by Crippen LogP contribution is 2.23. The largest absolute Gasteiger partial charge is 0.379 e. The predicted molar refractivity (Wildman–Crippen MR) is 73.8 cm³/mol. The highest BCUT2D eigenvalue weighted by Gasteiger charge is 2.27. The zero-order valence-corrected chi connectivity index (χ0v) is 12.8. The molecule has 0 spiro atoms.